The van der Waals surface area contributed by atoms with Gasteiger partial charge in [0.1, 0.15) is 6.04 Å². The number of aromatic amines is 1. The number of carbonyl (C=O) groups excluding carboxylic acids is 4. The van der Waals surface area contributed by atoms with Gasteiger partial charge in [0.15, 0.2) is 0 Å². The molecule has 1 fully saturated rings. The van der Waals surface area contributed by atoms with Crippen molar-refractivity contribution < 1.29 is 37.5 Å². The molecule has 57 heavy (non-hydrogen) atoms. The first-order chi connectivity index (χ1) is 27.6. The molecule has 1 unspecified atom stereocenters. The van der Waals surface area contributed by atoms with Crippen molar-refractivity contribution >= 4 is 58.5 Å². The smallest absolute Gasteiger partial charge is 0.335 e. The minimum Gasteiger partial charge on any atom is -0.378 e. The molecule has 0 saturated carbocycles. The van der Waals surface area contributed by atoms with Gasteiger partial charge in [-0.2, -0.15) is 10.2 Å². The van der Waals surface area contributed by atoms with Crippen molar-refractivity contribution in [3.63, 3.8) is 0 Å². The fourth-order valence-electron chi connectivity index (χ4n) is 6.30. The van der Waals surface area contributed by atoms with Gasteiger partial charge in [0.2, 0.25) is 0 Å². The van der Waals surface area contributed by atoms with Crippen LogP contribution in [0.25, 0.3) is 23.1 Å². The van der Waals surface area contributed by atoms with Gasteiger partial charge in [-0.1, -0.05) is 48.0 Å². The molecule has 2 N–H and O–H groups in total. The number of H-pyrrole nitrogens is 1. The number of aromatic nitrogens is 3. The summed E-state index contributed by atoms with van der Waals surface area (Å²) in [4.78, 5) is 58.2. The number of halogens is 2. The van der Waals surface area contributed by atoms with Crippen molar-refractivity contribution in [3.05, 3.63) is 83.3 Å². The lowest BCUT2D eigenvalue weighted by Gasteiger charge is -2.17. The SMILES string of the molecule is CNC(=O)c1ccccc1Sc1ccc2c(/C=C/c3ccc(CC(F)(F)CCCCCCN4CC(COCCC(=O)ON5C(=O)CCC5=O)N=N4)cn3)n[nH]c2c1. The van der Waals surface area contributed by atoms with Crippen molar-refractivity contribution in [2.45, 2.75) is 79.5 Å². The Labute approximate surface area is 332 Å². The molecule has 17 heteroatoms. The zero-order chi connectivity index (χ0) is 40.2. The van der Waals surface area contributed by atoms with E-state index in [2.05, 4.69) is 30.8 Å². The lowest BCUT2D eigenvalue weighted by molar-refractivity contribution is -0.198. The fraction of sp³-hybridized carbons (Fsp3) is 0.400. The van der Waals surface area contributed by atoms with Gasteiger partial charge in [-0.25, -0.2) is 13.6 Å². The molecule has 0 aliphatic carbocycles. The molecule has 4 aromatic rings. The molecule has 1 saturated heterocycles. The molecule has 0 bridgehead atoms. The van der Waals surface area contributed by atoms with Gasteiger partial charge in [0.05, 0.1) is 48.6 Å². The Kier molecular flexibility index (Phi) is 14.1. The molecule has 0 radical (unpaired) electrons. The Hall–Kier alpha value is -5.55. The van der Waals surface area contributed by atoms with Gasteiger partial charge in [0, 0.05) is 60.6 Å². The van der Waals surface area contributed by atoms with Gasteiger partial charge in [-0.05, 0) is 67.0 Å². The van der Waals surface area contributed by atoms with E-state index >= 15 is 0 Å². The highest BCUT2D eigenvalue weighted by molar-refractivity contribution is 7.99. The Bertz CT molecular complexity index is 2090. The molecule has 2 aliphatic heterocycles. The highest BCUT2D eigenvalue weighted by Gasteiger charge is 2.33. The predicted octanol–water partition coefficient (Wildman–Crippen LogP) is 6.83. The van der Waals surface area contributed by atoms with Crippen LogP contribution in [0.15, 0.2) is 80.9 Å². The molecule has 2 aromatic carbocycles. The van der Waals surface area contributed by atoms with Gasteiger partial charge >= 0.3 is 5.97 Å². The van der Waals surface area contributed by atoms with Crippen LogP contribution in [0, 0.1) is 0 Å². The number of nitrogens with one attached hydrogen (secondary N) is 2. The van der Waals surface area contributed by atoms with Crippen LogP contribution in [0.3, 0.4) is 0 Å². The summed E-state index contributed by atoms with van der Waals surface area (Å²) in [6.45, 7) is 1.52. The van der Waals surface area contributed by atoms with Gasteiger partial charge < -0.3 is 14.9 Å². The van der Waals surface area contributed by atoms with Crippen LogP contribution in [0.2, 0.25) is 0 Å². The maximum Gasteiger partial charge on any atom is 0.335 e. The average molecular weight is 803 g/mol. The van der Waals surface area contributed by atoms with Crippen LogP contribution in [0.5, 0.6) is 0 Å². The molecule has 2 aliphatic rings. The summed E-state index contributed by atoms with van der Waals surface area (Å²) in [7, 11) is 1.61. The number of carbonyl (C=O) groups is 4. The van der Waals surface area contributed by atoms with Crippen LogP contribution >= 0.6 is 11.8 Å². The molecule has 14 nitrogen and oxygen atoms in total. The van der Waals surface area contributed by atoms with Crippen molar-refractivity contribution in [1.29, 1.82) is 0 Å². The van der Waals surface area contributed by atoms with E-state index in [0.717, 1.165) is 39.2 Å². The van der Waals surface area contributed by atoms with Gasteiger partial charge in [-0.15, -0.1) is 5.06 Å². The minimum atomic E-state index is -2.84. The van der Waals surface area contributed by atoms with E-state index < -0.39 is 23.7 Å². The monoisotopic (exact) mass is 802 g/mol. The summed E-state index contributed by atoms with van der Waals surface area (Å²) in [5.41, 5.74) is 3.26. The number of hydrogen-bond donors (Lipinski definition) is 2. The number of alkyl halides is 2. The number of benzene rings is 2. The normalized spacial score (nSPS) is 15.7. The molecule has 1 atom stereocenters. The molecular formula is C40H44F2N8O6S. The number of pyridine rings is 1. The molecule has 0 spiro atoms. The summed E-state index contributed by atoms with van der Waals surface area (Å²) < 4.78 is 35.2. The van der Waals surface area contributed by atoms with E-state index in [0.29, 0.717) is 47.8 Å². The number of ether oxygens (including phenoxy) is 1. The number of nitrogens with zero attached hydrogens (tertiary/aromatic N) is 6. The largest absolute Gasteiger partial charge is 0.378 e. The molecule has 3 amide bonds. The first-order valence-corrected chi connectivity index (χ1v) is 19.7. The third-order valence-corrected chi connectivity index (χ3v) is 10.4. The van der Waals surface area contributed by atoms with Crippen molar-refractivity contribution in [2.24, 2.45) is 10.3 Å². The fourth-order valence-corrected chi connectivity index (χ4v) is 7.29. The Balaban J connectivity index is 0.848. The molecule has 2 aromatic heterocycles. The van der Waals surface area contributed by atoms with E-state index in [1.807, 2.05) is 47.5 Å². The van der Waals surface area contributed by atoms with Gasteiger partial charge in [-0.3, -0.25) is 29.5 Å². The lowest BCUT2D eigenvalue weighted by atomic mass is 10.0. The number of unbranched alkanes of at least 4 members (excludes halogenated alkanes) is 3. The van der Waals surface area contributed by atoms with E-state index in [4.69, 9.17) is 9.57 Å². The Morgan fingerprint density at radius 3 is 2.63 bits per heavy atom. The van der Waals surface area contributed by atoms with Crippen molar-refractivity contribution in [2.75, 3.05) is 33.4 Å². The predicted molar refractivity (Wildman–Crippen MR) is 208 cm³/mol. The summed E-state index contributed by atoms with van der Waals surface area (Å²) in [6, 6.07) is 16.6. The number of imide groups is 1. The average Bonchev–Trinajstić information content (AvgIpc) is 3.92. The maximum absolute atomic E-state index is 14.8. The van der Waals surface area contributed by atoms with E-state index in [1.54, 1.807) is 31.3 Å². The number of fused-ring (bicyclic) bond motifs is 1. The van der Waals surface area contributed by atoms with E-state index in [1.165, 1.54) is 18.0 Å². The van der Waals surface area contributed by atoms with Crippen molar-refractivity contribution in [1.82, 2.24) is 30.6 Å². The second-order valence-corrected chi connectivity index (χ2v) is 14.9. The summed E-state index contributed by atoms with van der Waals surface area (Å²) in [6.07, 6.45) is 7.16. The topological polar surface area (TPSA) is 172 Å². The Morgan fingerprint density at radius 2 is 1.84 bits per heavy atom. The quantitative estimate of drug-likeness (QED) is 0.0713. The first-order valence-electron chi connectivity index (χ1n) is 18.8. The Morgan fingerprint density at radius 1 is 1.04 bits per heavy atom. The zero-order valence-corrected chi connectivity index (χ0v) is 32.3. The first kappa shape index (κ1) is 41.1. The van der Waals surface area contributed by atoms with Crippen LogP contribution in [0.4, 0.5) is 8.78 Å². The summed E-state index contributed by atoms with van der Waals surface area (Å²) >= 11 is 1.49. The lowest BCUT2D eigenvalue weighted by Crippen LogP contribution is -2.32. The summed E-state index contributed by atoms with van der Waals surface area (Å²) in [5, 5.41) is 21.7. The number of rotatable bonds is 20. The van der Waals surface area contributed by atoms with Crippen molar-refractivity contribution in [3.8, 4) is 0 Å². The molecule has 6 rings (SSSR count). The van der Waals surface area contributed by atoms with Crippen LogP contribution in [-0.2, 0) is 30.4 Å². The zero-order valence-electron chi connectivity index (χ0n) is 31.5. The third-order valence-electron chi connectivity index (χ3n) is 9.30. The molecular weight excluding hydrogens is 759 g/mol. The van der Waals surface area contributed by atoms with Gasteiger partial charge in [0.25, 0.3) is 23.6 Å². The van der Waals surface area contributed by atoms with Crippen LogP contribution in [-0.4, -0.2) is 94.3 Å². The highest BCUT2D eigenvalue weighted by atomic mass is 32.2. The third kappa shape index (κ3) is 11.7. The number of amides is 3. The molecule has 4 heterocycles. The number of hydrogen-bond acceptors (Lipinski definition) is 12. The second kappa shape index (κ2) is 19.5. The van der Waals surface area contributed by atoms with E-state index in [9.17, 15) is 28.0 Å². The maximum atomic E-state index is 14.8. The standard InChI is InChI=1S/C40H44F2N8O6S/c1-43-39(54)32-8-4-5-9-35(32)57-30-13-14-31-33(46-47-34(31)22-30)15-12-28-11-10-27(24-44-28)23-40(41,42)19-6-2-3-7-20-49-25-29(45-48-49)26-55-21-18-38(53)56-50-36(51)16-17-37(50)52/h4-5,8-15,22,24,29H,2-3,6-7,16-21,23,25-26H2,1H3,(H,43,54)(H,46,47)/b15-12+. The van der Waals surface area contributed by atoms with Crippen LogP contribution < -0.4 is 5.32 Å². The molecule has 300 valence electrons. The number of hydroxylamine groups is 2. The summed E-state index contributed by atoms with van der Waals surface area (Å²) in [5.74, 6) is -4.77. The van der Waals surface area contributed by atoms with E-state index in [-0.39, 0.29) is 57.3 Å². The second-order valence-electron chi connectivity index (χ2n) is 13.8. The minimum absolute atomic E-state index is 0.0358. The highest BCUT2D eigenvalue weighted by Crippen LogP contribution is 2.33. The van der Waals surface area contributed by atoms with Crippen LogP contribution in [0.1, 0.15) is 78.7 Å².